The third kappa shape index (κ3) is 2.06. The summed E-state index contributed by atoms with van der Waals surface area (Å²) in [7, 11) is -0.831. The Morgan fingerprint density at radius 3 is 2.71 bits per heavy atom. The van der Waals surface area contributed by atoms with E-state index in [0.717, 1.165) is 11.2 Å². The third-order valence-corrected chi connectivity index (χ3v) is 1.76. The van der Waals surface area contributed by atoms with E-state index in [-0.39, 0.29) is 5.96 Å². The van der Waals surface area contributed by atoms with Crippen LogP contribution in [0.25, 0.3) is 0 Å². The zero-order valence-corrected chi connectivity index (χ0v) is 8.36. The van der Waals surface area contributed by atoms with Gasteiger partial charge in [-0.2, -0.15) is 0 Å². The lowest BCUT2D eigenvalue weighted by molar-refractivity contribution is 0.588. The van der Waals surface area contributed by atoms with Crippen LogP contribution in [0, 0.1) is 0 Å². The summed E-state index contributed by atoms with van der Waals surface area (Å²) in [5.74, 6) is 0.251. The second kappa shape index (κ2) is 4.67. The van der Waals surface area contributed by atoms with E-state index in [9.17, 15) is 5.02 Å². The SMILES string of the molecule is CC.NC1=NB(O)c2ccccc2N1. The molecule has 1 heterocycles. The number of fused-ring (bicyclic) bond motifs is 1. The lowest BCUT2D eigenvalue weighted by atomic mass is 9.73. The topological polar surface area (TPSA) is 70.6 Å². The summed E-state index contributed by atoms with van der Waals surface area (Å²) in [4.78, 5) is 3.76. The van der Waals surface area contributed by atoms with Crippen molar-refractivity contribution in [2.45, 2.75) is 13.8 Å². The van der Waals surface area contributed by atoms with Crippen molar-refractivity contribution in [2.24, 2.45) is 10.6 Å². The number of anilines is 1. The van der Waals surface area contributed by atoms with Crippen molar-refractivity contribution in [1.82, 2.24) is 0 Å². The van der Waals surface area contributed by atoms with E-state index in [1.165, 1.54) is 0 Å². The van der Waals surface area contributed by atoms with E-state index in [0.29, 0.717) is 0 Å². The number of hydrogen-bond acceptors (Lipinski definition) is 4. The summed E-state index contributed by atoms with van der Waals surface area (Å²) in [5.41, 5.74) is 6.99. The van der Waals surface area contributed by atoms with Gasteiger partial charge in [0.15, 0.2) is 5.96 Å². The van der Waals surface area contributed by atoms with Gasteiger partial charge in [0.25, 0.3) is 0 Å². The summed E-state index contributed by atoms with van der Waals surface area (Å²) < 4.78 is 0. The largest absolute Gasteiger partial charge is 0.472 e. The maximum Gasteiger partial charge on any atom is 0.472 e. The Balaban J connectivity index is 0.000000461. The molecule has 1 aliphatic rings. The number of benzene rings is 1. The van der Waals surface area contributed by atoms with Crippen molar-refractivity contribution in [3.05, 3.63) is 24.3 Å². The molecule has 5 heteroatoms. The first-order valence-corrected chi connectivity index (χ1v) is 4.64. The number of para-hydroxylation sites is 1. The molecule has 1 aliphatic heterocycles. The highest BCUT2D eigenvalue weighted by molar-refractivity contribution is 6.68. The average Bonchev–Trinajstić information content (AvgIpc) is 2.20. The molecule has 4 nitrogen and oxygen atoms in total. The Bertz CT molecular complexity index is 341. The Kier molecular flexibility index (Phi) is 3.53. The van der Waals surface area contributed by atoms with Gasteiger partial charge < -0.3 is 16.1 Å². The lowest BCUT2D eigenvalue weighted by Gasteiger charge is -2.16. The molecule has 0 aromatic heterocycles. The number of guanidine groups is 1. The van der Waals surface area contributed by atoms with Crippen molar-refractivity contribution in [2.75, 3.05) is 5.32 Å². The Morgan fingerprint density at radius 2 is 2.00 bits per heavy atom. The van der Waals surface area contributed by atoms with Gasteiger partial charge in [-0.3, -0.25) is 4.90 Å². The minimum Gasteiger partial charge on any atom is -0.427 e. The van der Waals surface area contributed by atoms with Gasteiger partial charge in [0.05, 0.1) is 0 Å². The molecular formula is C9H14BN3O. The van der Waals surface area contributed by atoms with Gasteiger partial charge >= 0.3 is 7.05 Å². The third-order valence-electron chi connectivity index (χ3n) is 1.76. The maximum absolute atomic E-state index is 9.42. The number of hydrogen-bond donors (Lipinski definition) is 3. The second-order valence-electron chi connectivity index (χ2n) is 2.60. The van der Waals surface area contributed by atoms with Crippen molar-refractivity contribution in [3.8, 4) is 0 Å². The monoisotopic (exact) mass is 191 g/mol. The van der Waals surface area contributed by atoms with Crippen molar-refractivity contribution < 1.29 is 5.02 Å². The molecule has 4 N–H and O–H groups in total. The van der Waals surface area contributed by atoms with Gasteiger partial charge in [-0.15, -0.1) is 0 Å². The highest BCUT2D eigenvalue weighted by Crippen LogP contribution is 2.07. The zero-order chi connectivity index (χ0) is 10.6. The number of nitrogens with one attached hydrogen (secondary N) is 1. The van der Waals surface area contributed by atoms with E-state index in [1.807, 2.05) is 38.1 Å². The Hall–Kier alpha value is -1.49. The average molecular weight is 191 g/mol. The highest BCUT2D eigenvalue weighted by Gasteiger charge is 2.22. The highest BCUT2D eigenvalue weighted by atomic mass is 16.2. The molecule has 0 spiro atoms. The van der Waals surface area contributed by atoms with Crippen LogP contribution in [0.4, 0.5) is 5.69 Å². The van der Waals surface area contributed by atoms with Crippen molar-refractivity contribution >= 4 is 24.2 Å². The summed E-state index contributed by atoms with van der Waals surface area (Å²) >= 11 is 0. The molecule has 2 rings (SSSR count). The van der Waals surface area contributed by atoms with Crippen LogP contribution in [0.1, 0.15) is 13.8 Å². The molecule has 0 bridgehead atoms. The minimum absolute atomic E-state index is 0.251. The smallest absolute Gasteiger partial charge is 0.427 e. The van der Waals surface area contributed by atoms with Crippen LogP contribution in [-0.2, 0) is 0 Å². The fourth-order valence-corrected chi connectivity index (χ4v) is 1.21. The minimum atomic E-state index is -0.831. The molecule has 1 aromatic rings. The molecule has 0 radical (unpaired) electrons. The molecular weight excluding hydrogens is 177 g/mol. The van der Waals surface area contributed by atoms with Gasteiger partial charge in [0.2, 0.25) is 0 Å². The number of rotatable bonds is 0. The standard InChI is InChI=1S/C7H8BN3O.C2H6/c9-7-10-6-4-2-1-3-5(6)8(12)11-7;1-2/h1-4,12H,(H3,9,10,11);1-2H3. The van der Waals surface area contributed by atoms with E-state index < -0.39 is 7.05 Å². The maximum atomic E-state index is 9.42. The van der Waals surface area contributed by atoms with E-state index in [4.69, 9.17) is 5.73 Å². The van der Waals surface area contributed by atoms with Gasteiger partial charge in [-0.05, 0) is 11.5 Å². The second-order valence-corrected chi connectivity index (χ2v) is 2.60. The Labute approximate surface area is 84.0 Å². The van der Waals surface area contributed by atoms with Crippen LogP contribution in [0.15, 0.2) is 29.2 Å². The number of nitrogens with two attached hydrogens (primary N) is 1. The van der Waals surface area contributed by atoms with Crippen molar-refractivity contribution in [3.63, 3.8) is 0 Å². The summed E-state index contributed by atoms with van der Waals surface area (Å²) in [6.07, 6.45) is 0. The Morgan fingerprint density at radius 1 is 1.36 bits per heavy atom. The quantitative estimate of drug-likeness (QED) is 0.511. The normalized spacial score (nSPS) is 13.1. The van der Waals surface area contributed by atoms with E-state index in [1.54, 1.807) is 0 Å². The van der Waals surface area contributed by atoms with Crippen LogP contribution >= 0.6 is 0 Å². The van der Waals surface area contributed by atoms with Crippen LogP contribution in [0.2, 0.25) is 0 Å². The molecule has 0 unspecified atom stereocenters. The van der Waals surface area contributed by atoms with Gasteiger partial charge in [0.1, 0.15) is 0 Å². The van der Waals surface area contributed by atoms with Crippen molar-refractivity contribution in [1.29, 1.82) is 0 Å². The van der Waals surface area contributed by atoms with Gasteiger partial charge in [0, 0.05) is 5.69 Å². The summed E-state index contributed by atoms with van der Waals surface area (Å²) in [5, 5.41) is 12.3. The first-order chi connectivity index (χ1) is 6.77. The zero-order valence-electron chi connectivity index (χ0n) is 8.36. The lowest BCUT2D eigenvalue weighted by Crippen LogP contribution is -2.41. The molecule has 0 saturated carbocycles. The van der Waals surface area contributed by atoms with Crippen LogP contribution in [0.5, 0.6) is 0 Å². The first-order valence-electron chi connectivity index (χ1n) is 4.64. The van der Waals surface area contributed by atoms with E-state index in [2.05, 4.69) is 10.2 Å². The first kappa shape index (κ1) is 10.6. The van der Waals surface area contributed by atoms with Crippen LogP contribution in [-0.4, -0.2) is 18.0 Å². The summed E-state index contributed by atoms with van der Waals surface area (Å²) in [6.45, 7) is 4.00. The number of nitrogens with zero attached hydrogens (tertiary/aromatic N) is 1. The van der Waals surface area contributed by atoms with Crippen LogP contribution in [0.3, 0.4) is 0 Å². The molecule has 0 saturated heterocycles. The molecule has 0 amide bonds. The fraction of sp³-hybridized carbons (Fsp3) is 0.222. The predicted octanol–water partition coefficient (Wildman–Crippen LogP) is 0.140. The molecule has 0 atom stereocenters. The predicted molar refractivity (Wildman–Crippen MR) is 60.6 cm³/mol. The molecule has 1 aromatic carbocycles. The molecule has 14 heavy (non-hydrogen) atoms. The van der Waals surface area contributed by atoms with Crippen LogP contribution < -0.4 is 16.5 Å². The summed E-state index contributed by atoms with van der Waals surface area (Å²) in [6, 6.07) is 7.38. The molecule has 0 fully saturated rings. The fourth-order valence-electron chi connectivity index (χ4n) is 1.21. The molecule has 0 aliphatic carbocycles. The van der Waals surface area contributed by atoms with Gasteiger partial charge in [-0.25, -0.2) is 0 Å². The molecule has 74 valence electrons. The van der Waals surface area contributed by atoms with E-state index >= 15 is 0 Å². The van der Waals surface area contributed by atoms with Gasteiger partial charge in [-0.1, -0.05) is 32.0 Å².